The Hall–Kier alpha value is -3.47. The molecule has 27 heavy (non-hydrogen) atoms. The molecule has 1 N–H and O–H groups in total. The van der Waals surface area contributed by atoms with Crippen LogP contribution in [-0.2, 0) is 6.42 Å². The van der Waals surface area contributed by atoms with Crippen molar-refractivity contribution in [3.05, 3.63) is 84.3 Å². The molecule has 0 bridgehead atoms. The van der Waals surface area contributed by atoms with Gasteiger partial charge in [-0.2, -0.15) is 5.10 Å². The lowest BCUT2D eigenvalue weighted by atomic mass is 10.1. The van der Waals surface area contributed by atoms with Crippen LogP contribution in [0.2, 0.25) is 0 Å². The molecule has 2 aromatic carbocycles. The smallest absolute Gasteiger partial charge is 0.160 e. The molecular weight excluding hydrogens is 336 g/mol. The fourth-order valence-electron chi connectivity index (χ4n) is 3.02. The lowest BCUT2D eigenvalue weighted by Crippen LogP contribution is -2.02. The average Bonchev–Trinajstić information content (AvgIpc) is 2.72. The number of nitrogens with one attached hydrogen (secondary N) is 1. The van der Waals surface area contributed by atoms with E-state index in [2.05, 4.69) is 38.7 Å². The maximum absolute atomic E-state index is 5.49. The van der Waals surface area contributed by atoms with E-state index in [1.54, 1.807) is 6.20 Å². The van der Waals surface area contributed by atoms with Gasteiger partial charge in [0.1, 0.15) is 5.75 Å². The fourth-order valence-corrected chi connectivity index (χ4v) is 3.02. The van der Waals surface area contributed by atoms with E-state index in [-0.39, 0.29) is 0 Å². The van der Waals surface area contributed by atoms with Gasteiger partial charge >= 0.3 is 0 Å². The van der Waals surface area contributed by atoms with Crippen LogP contribution in [-0.4, -0.2) is 21.8 Å². The van der Waals surface area contributed by atoms with Crippen LogP contribution in [0.15, 0.2) is 73.1 Å². The first kappa shape index (κ1) is 17.0. The third-order valence-corrected chi connectivity index (χ3v) is 4.29. The van der Waals surface area contributed by atoms with Gasteiger partial charge in [-0.05, 0) is 42.8 Å². The van der Waals surface area contributed by atoms with Gasteiger partial charge < -0.3 is 10.1 Å². The van der Waals surface area contributed by atoms with E-state index in [0.717, 1.165) is 39.3 Å². The minimum atomic E-state index is 0.654. The van der Waals surface area contributed by atoms with Gasteiger partial charge in [0.05, 0.1) is 12.3 Å². The highest BCUT2D eigenvalue weighted by molar-refractivity contribution is 5.94. The first-order valence-electron chi connectivity index (χ1n) is 8.96. The molecule has 5 heteroatoms. The maximum atomic E-state index is 5.49. The molecule has 0 unspecified atom stereocenters. The van der Waals surface area contributed by atoms with Gasteiger partial charge in [0.25, 0.3) is 0 Å². The minimum absolute atomic E-state index is 0.654. The van der Waals surface area contributed by atoms with Crippen molar-refractivity contribution in [3.63, 3.8) is 0 Å². The van der Waals surface area contributed by atoms with Crippen LogP contribution < -0.4 is 10.1 Å². The number of fused-ring (bicyclic) bond motifs is 1. The molecule has 0 saturated carbocycles. The fraction of sp³-hybridized carbons (Fsp3) is 0.136. The summed E-state index contributed by atoms with van der Waals surface area (Å²) in [5, 5.41) is 14.4. The Balaban J connectivity index is 1.65. The van der Waals surface area contributed by atoms with E-state index in [1.807, 2.05) is 55.6 Å². The molecule has 134 valence electrons. The van der Waals surface area contributed by atoms with E-state index in [4.69, 9.17) is 4.74 Å². The zero-order valence-corrected chi connectivity index (χ0v) is 15.1. The molecule has 0 saturated heterocycles. The number of benzene rings is 2. The summed E-state index contributed by atoms with van der Waals surface area (Å²) >= 11 is 0. The van der Waals surface area contributed by atoms with Crippen molar-refractivity contribution in [2.45, 2.75) is 13.3 Å². The number of hydrogen-bond donors (Lipinski definition) is 1. The van der Waals surface area contributed by atoms with Crippen molar-refractivity contribution in [1.82, 2.24) is 15.2 Å². The van der Waals surface area contributed by atoms with Gasteiger partial charge in [0.15, 0.2) is 5.82 Å². The van der Waals surface area contributed by atoms with Crippen LogP contribution in [0.25, 0.3) is 10.8 Å². The predicted molar refractivity (Wildman–Crippen MR) is 107 cm³/mol. The Morgan fingerprint density at radius 1 is 0.889 bits per heavy atom. The summed E-state index contributed by atoms with van der Waals surface area (Å²) in [6, 6.07) is 20.0. The Kier molecular flexibility index (Phi) is 4.92. The Bertz CT molecular complexity index is 1030. The van der Waals surface area contributed by atoms with Crippen molar-refractivity contribution in [2.24, 2.45) is 0 Å². The molecule has 0 atom stereocenters. The topological polar surface area (TPSA) is 59.9 Å². The zero-order chi connectivity index (χ0) is 18.5. The predicted octanol–water partition coefficient (Wildman–Crippen LogP) is 4.76. The number of hydrogen-bond acceptors (Lipinski definition) is 5. The van der Waals surface area contributed by atoms with E-state index < -0.39 is 0 Å². The molecule has 0 spiro atoms. The molecule has 0 fully saturated rings. The normalized spacial score (nSPS) is 10.7. The molecule has 0 radical (unpaired) electrons. The summed E-state index contributed by atoms with van der Waals surface area (Å²) < 4.78 is 5.49. The molecule has 0 aliphatic rings. The van der Waals surface area contributed by atoms with Crippen LogP contribution >= 0.6 is 0 Å². The number of ether oxygens (including phenoxy) is 1. The number of anilines is 2. The lowest BCUT2D eigenvalue weighted by Gasteiger charge is -2.11. The van der Waals surface area contributed by atoms with Crippen molar-refractivity contribution < 1.29 is 4.74 Å². The molecule has 2 aromatic heterocycles. The summed E-state index contributed by atoms with van der Waals surface area (Å²) in [5.41, 5.74) is 3.00. The summed E-state index contributed by atoms with van der Waals surface area (Å²) in [6.07, 6.45) is 4.34. The highest BCUT2D eigenvalue weighted by Gasteiger charge is 2.10. The number of aromatic nitrogens is 3. The van der Waals surface area contributed by atoms with Crippen molar-refractivity contribution in [1.29, 1.82) is 0 Å². The van der Waals surface area contributed by atoms with Gasteiger partial charge in [0, 0.05) is 35.3 Å². The van der Waals surface area contributed by atoms with Gasteiger partial charge in [-0.25, -0.2) is 0 Å². The Labute approximate surface area is 158 Å². The van der Waals surface area contributed by atoms with E-state index >= 15 is 0 Å². The summed E-state index contributed by atoms with van der Waals surface area (Å²) in [6.45, 7) is 2.63. The van der Waals surface area contributed by atoms with Gasteiger partial charge in [0.2, 0.25) is 0 Å². The molecule has 4 rings (SSSR count). The van der Waals surface area contributed by atoms with Crippen LogP contribution in [0.1, 0.15) is 18.2 Å². The number of rotatable bonds is 6. The highest BCUT2D eigenvalue weighted by atomic mass is 16.5. The largest absolute Gasteiger partial charge is 0.494 e. The van der Waals surface area contributed by atoms with E-state index in [0.29, 0.717) is 13.0 Å². The summed E-state index contributed by atoms with van der Waals surface area (Å²) in [7, 11) is 0. The average molecular weight is 356 g/mol. The molecule has 0 aliphatic carbocycles. The molecule has 4 aromatic rings. The number of nitrogens with zero attached hydrogens (tertiary/aromatic N) is 3. The minimum Gasteiger partial charge on any atom is -0.494 e. The van der Waals surface area contributed by atoms with Crippen LogP contribution in [0.4, 0.5) is 11.5 Å². The van der Waals surface area contributed by atoms with Crippen molar-refractivity contribution >= 4 is 22.3 Å². The first-order chi connectivity index (χ1) is 13.3. The molecule has 0 aliphatic heterocycles. The third kappa shape index (κ3) is 3.87. The van der Waals surface area contributed by atoms with Crippen molar-refractivity contribution in [3.8, 4) is 5.75 Å². The van der Waals surface area contributed by atoms with Gasteiger partial charge in [-0.15, -0.1) is 5.10 Å². The zero-order valence-electron chi connectivity index (χ0n) is 15.1. The van der Waals surface area contributed by atoms with E-state index in [9.17, 15) is 0 Å². The Morgan fingerprint density at radius 2 is 1.70 bits per heavy atom. The summed E-state index contributed by atoms with van der Waals surface area (Å²) in [5.74, 6) is 1.59. The highest BCUT2D eigenvalue weighted by Crippen LogP contribution is 2.27. The van der Waals surface area contributed by atoms with Crippen LogP contribution in [0, 0.1) is 0 Å². The second-order valence-electron chi connectivity index (χ2n) is 6.16. The first-order valence-corrected chi connectivity index (χ1v) is 8.96. The molecule has 5 nitrogen and oxygen atoms in total. The quantitative estimate of drug-likeness (QED) is 0.540. The summed E-state index contributed by atoms with van der Waals surface area (Å²) in [4.78, 5) is 4.18. The number of pyridine rings is 1. The SMILES string of the molecule is CCOc1ccc(Nc2nnc(Cc3cccnc3)c3ccccc23)cc1. The lowest BCUT2D eigenvalue weighted by molar-refractivity contribution is 0.340. The second-order valence-corrected chi connectivity index (χ2v) is 6.16. The Morgan fingerprint density at radius 3 is 2.44 bits per heavy atom. The monoisotopic (exact) mass is 356 g/mol. The maximum Gasteiger partial charge on any atom is 0.160 e. The molecular formula is C22H20N4O. The third-order valence-electron chi connectivity index (χ3n) is 4.29. The molecule has 2 heterocycles. The second kappa shape index (κ2) is 7.83. The van der Waals surface area contributed by atoms with Crippen molar-refractivity contribution in [2.75, 3.05) is 11.9 Å². The van der Waals surface area contributed by atoms with Gasteiger partial charge in [-0.3, -0.25) is 4.98 Å². The van der Waals surface area contributed by atoms with E-state index in [1.165, 1.54) is 0 Å². The van der Waals surface area contributed by atoms with Crippen LogP contribution in [0.5, 0.6) is 5.75 Å². The standard InChI is InChI=1S/C22H20N4O/c1-2-27-18-11-9-17(10-12-18)24-22-20-8-4-3-7-19(20)21(25-26-22)14-16-6-5-13-23-15-16/h3-13,15H,2,14H2,1H3,(H,24,26). The van der Waals surface area contributed by atoms with Crippen LogP contribution in [0.3, 0.4) is 0 Å². The molecule has 0 amide bonds. The van der Waals surface area contributed by atoms with Gasteiger partial charge in [-0.1, -0.05) is 30.3 Å².